The van der Waals surface area contributed by atoms with Gasteiger partial charge in [-0.15, -0.1) is 11.8 Å². The summed E-state index contributed by atoms with van der Waals surface area (Å²) in [5.74, 6) is 0.365. The van der Waals surface area contributed by atoms with Gasteiger partial charge in [-0.1, -0.05) is 66.7 Å². The van der Waals surface area contributed by atoms with Gasteiger partial charge in [-0.2, -0.15) is 10.5 Å². The number of hydrogen-bond donors (Lipinski definition) is 1. The van der Waals surface area contributed by atoms with Gasteiger partial charge in [0.25, 0.3) is 0 Å². The Labute approximate surface area is 208 Å². The molecule has 6 nitrogen and oxygen atoms in total. The standard InChI is InChI=1S/C28H21N5OS/c29-18-23-26(20-10-4-1-5-11-20)24(19-30)28(32-27(23)31)35-17-16-25(34)33(21-12-6-2-7-13-21)22-14-8-3-9-15-22/h1-15H,16-17H2,(H2,31,32). The zero-order chi connectivity index (χ0) is 24.6. The number of hydrogen-bond acceptors (Lipinski definition) is 6. The number of rotatable bonds is 7. The third-order valence-corrected chi connectivity index (χ3v) is 6.29. The lowest BCUT2D eigenvalue weighted by molar-refractivity contribution is -0.117. The molecule has 4 rings (SSSR count). The second kappa shape index (κ2) is 11.0. The maximum absolute atomic E-state index is 13.3. The minimum Gasteiger partial charge on any atom is -0.383 e. The Bertz CT molecular complexity index is 1370. The molecule has 0 spiro atoms. The van der Waals surface area contributed by atoms with Crippen molar-refractivity contribution in [3.8, 4) is 23.3 Å². The number of benzene rings is 3. The number of nitrogen functional groups attached to an aromatic ring is 1. The van der Waals surface area contributed by atoms with Crippen molar-refractivity contribution >= 4 is 34.9 Å². The maximum Gasteiger partial charge on any atom is 0.232 e. The molecule has 7 heteroatoms. The molecule has 3 aromatic carbocycles. The van der Waals surface area contributed by atoms with Gasteiger partial charge in [0.05, 0.1) is 5.56 Å². The molecule has 4 aromatic rings. The van der Waals surface area contributed by atoms with Crippen LogP contribution >= 0.6 is 11.8 Å². The largest absolute Gasteiger partial charge is 0.383 e. The highest BCUT2D eigenvalue weighted by atomic mass is 32.2. The summed E-state index contributed by atoms with van der Waals surface area (Å²) >= 11 is 1.28. The van der Waals surface area contributed by atoms with E-state index in [0.717, 1.165) is 11.4 Å². The monoisotopic (exact) mass is 475 g/mol. The SMILES string of the molecule is N#Cc1c(N)nc(SCCC(=O)N(c2ccccc2)c2ccccc2)c(C#N)c1-c1ccccc1. The number of nitrogens with zero attached hydrogens (tertiary/aromatic N) is 4. The van der Waals surface area contributed by atoms with E-state index in [-0.39, 0.29) is 29.3 Å². The van der Waals surface area contributed by atoms with Gasteiger partial charge in [0, 0.05) is 29.1 Å². The highest BCUT2D eigenvalue weighted by Gasteiger charge is 2.22. The lowest BCUT2D eigenvalue weighted by Gasteiger charge is -2.23. The molecule has 0 aliphatic heterocycles. The van der Waals surface area contributed by atoms with Crippen LogP contribution in [-0.2, 0) is 4.79 Å². The number of carbonyl (C=O) groups is 1. The van der Waals surface area contributed by atoms with Crippen LogP contribution < -0.4 is 10.6 Å². The lowest BCUT2D eigenvalue weighted by atomic mass is 9.97. The topological polar surface area (TPSA) is 107 Å². The van der Waals surface area contributed by atoms with Gasteiger partial charge < -0.3 is 5.73 Å². The average molecular weight is 476 g/mol. The van der Waals surface area contributed by atoms with E-state index in [4.69, 9.17) is 5.73 Å². The fourth-order valence-corrected chi connectivity index (χ4v) is 4.66. The predicted octanol–water partition coefficient (Wildman–Crippen LogP) is 5.92. The highest BCUT2D eigenvalue weighted by molar-refractivity contribution is 7.99. The first-order valence-corrected chi connectivity index (χ1v) is 11.9. The number of amides is 1. The smallest absolute Gasteiger partial charge is 0.232 e. The number of thioether (sulfide) groups is 1. The summed E-state index contributed by atoms with van der Waals surface area (Å²) in [6.07, 6.45) is 0.210. The van der Waals surface area contributed by atoms with Gasteiger partial charge in [0.1, 0.15) is 28.5 Å². The molecular formula is C28H21N5OS. The lowest BCUT2D eigenvalue weighted by Crippen LogP contribution is -2.26. The van der Waals surface area contributed by atoms with E-state index in [2.05, 4.69) is 17.1 Å². The van der Waals surface area contributed by atoms with Crippen molar-refractivity contribution in [1.82, 2.24) is 4.98 Å². The molecular weight excluding hydrogens is 454 g/mol. The Hall–Kier alpha value is -4.59. The van der Waals surface area contributed by atoms with Crippen LogP contribution in [0.1, 0.15) is 17.5 Å². The van der Waals surface area contributed by atoms with E-state index in [1.54, 1.807) is 4.90 Å². The number of para-hydroxylation sites is 2. The summed E-state index contributed by atoms with van der Waals surface area (Å²) in [5.41, 5.74) is 9.28. The van der Waals surface area contributed by atoms with Gasteiger partial charge >= 0.3 is 0 Å². The summed E-state index contributed by atoms with van der Waals surface area (Å²) in [6.45, 7) is 0. The molecule has 0 bridgehead atoms. The molecule has 0 aliphatic rings. The average Bonchev–Trinajstić information content (AvgIpc) is 2.90. The van der Waals surface area contributed by atoms with Crippen molar-refractivity contribution in [2.75, 3.05) is 16.4 Å². The predicted molar refractivity (Wildman–Crippen MR) is 139 cm³/mol. The number of nitrogens with two attached hydrogens (primary N) is 1. The Morgan fingerprint density at radius 1 is 0.829 bits per heavy atom. The molecule has 1 heterocycles. The van der Waals surface area contributed by atoms with Gasteiger partial charge in [-0.25, -0.2) is 4.98 Å². The molecule has 170 valence electrons. The zero-order valence-electron chi connectivity index (χ0n) is 18.8. The van der Waals surface area contributed by atoms with Crippen molar-refractivity contribution in [2.45, 2.75) is 11.4 Å². The second-order valence-electron chi connectivity index (χ2n) is 7.52. The van der Waals surface area contributed by atoms with Crippen molar-refractivity contribution in [1.29, 1.82) is 10.5 Å². The first-order valence-electron chi connectivity index (χ1n) is 10.9. The van der Waals surface area contributed by atoms with Crippen LogP contribution in [0, 0.1) is 22.7 Å². The Balaban J connectivity index is 1.60. The minimum atomic E-state index is -0.0849. The van der Waals surface area contributed by atoms with E-state index in [1.165, 1.54) is 11.8 Å². The van der Waals surface area contributed by atoms with Crippen molar-refractivity contribution in [2.24, 2.45) is 0 Å². The van der Waals surface area contributed by atoms with Crippen LogP contribution in [0.5, 0.6) is 0 Å². The molecule has 0 fully saturated rings. The molecule has 0 saturated heterocycles. The van der Waals surface area contributed by atoms with Gasteiger partial charge in [0.2, 0.25) is 5.91 Å². The molecule has 0 aliphatic carbocycles. The summed E-state index contributed by atoms with van der Waals surface area (Å²) in [5, 5.41) is 20.0. The van der Waals surface area contributed by atoms with Crippen LogP contribution in [0.15, 0.2) is 96.0 Å². The van der Waals surface area contributed by atoms with Crippen molar-refractivity contribution < 1.29 is 4.79 Å². The summed E-state index contributed by atoms with van der Waals surface area (Å²) in [6, 6.07) is 32.4. The molecule has 0 atom stereocenters. The summed E-state index contributed by atoms with van der Waals surface area (Å²) in [7, 11) is 0. The van der Waals surface area contributed by atoms with Crippen molar-refractivity contribution in [3.63, 3.8) is 0 Å². The van der Waals surface area contributed by atoms with Gasteiger partial charge in [0.15, 0.2) is 0 Å². The Morgan fingerprint density at radius 2 is 1.34 bits per heavy atom. The van der Waals surface area contributed by atoms with Gasteiger partial charge in [-0.05, 0) is 29.8 Å². The first-order chi connectivity index (χ1) is 17.1. The summed E-state index contributed by atoms with van der Waals surface area (Å²) in [4.78, 5) is 19.3. The third kappa shape index (κ3) is 5.16. The van der Waals surface area contributed by atoms with Crippen LogP contribution in [0.4, 0.5) is 17.2 Å². The molecule has 0 saturated carbocycles. The Kier molecular flexibility index (Phi) is 7.42. The Morgan fingerprint density at radius 3 is 1.86 bits per heavy atom. The number of carbonyl (C=O) groups excluding carboxylic acids is 1. The van der Waals surface area contributed by atoms with Crippen LogP contribution in [-0.4, -0.2) is 16.6 Å². The fraction of sp³-hybridized carbons (Fsp3) is 0.0714. The number of nitriles is 2. The summed E-state index contributed by atoms with van der Waals surface area (Å²) < 4.78 is 0. The molecule has 35 heavy (non-hydrogen) atoms. The molecule has 0 unspecified atom stereocenters. The molecule has 2 N–H and O–H groups in total. The van der Waals surface area contributed by atoms with Crippen LogP contribution in [0.3, 0.4) is 0 Å². The maximum atomic E-state index is 13.3. The number of aromatic nitrogens is 1. The minimum absolute atomic E-state index is 0.0642. The quantitative estimate of drug-likeness (QED) is 0.332. The van der Waals surface area contributed by atoms with Crippen LogP contribution in [0.25, 0.3) is 11.1 Å². The second-order valence-corrected chi connectivity index (χ2v) is 8.60. The van der Waals surface area contributed by atoms with Gasteiger partial charge in [-0.3, -0.25) is 9.69 Å². The molecule has 1 aromatic heterocycles. The fourth-order valence-electron chi connectivity index (χ4n) is 3.73. The number of pyridine rings is 1. The molecule has 0 radical (unpaired) electrons. The highest BCUT2D eigenvalue weighted by Crippen LogP contribution is 2.36. The van der Waals surface area contributed by atoms with E-state index in [9.17, 15) is 15.3 Å². The molecule has 1 amide bonds. The van der Waals surface area contributed by atoms with Crippen LogP contribution in [0.2, 0.25) is 0 Å². The van der Waals surface area contributed by atoms with E-state index in [1.807, 2.05) is 91.0 Å². The normalized spacial score (nSPS) is 10.2. The van der Waals surface area contributed by atoms with E-state index in [0.29, 0.717) is 21.9 Å². The number of anilines is 3. The van der Waals surface area contributed by atoms with E-state index < -0.39 is 0 Å². The van der Waals surface area contributed by atoms with E-state index >= 15 is 0 Å². The zero-order valence-corrected chi connectivity index (χ0v) is 19.6. The van der Waals surface area contributed by atoms with Crippen molar-refractivity contribution in [3.05, 3.63) is 102 Å². The first kappa shape index (κ1) is 23.6. The third-order valence-electron chi connectivity index (χ3n) is 5.31.